The zero-order valence-corrected chi connectivity index (χ0v) is 13.5. The lowest BCUT2D eigenvalue weighted by Gasteiger charge is -2.04. The number of halogens is 1. The Balaban J connectivity index is 1.51. The second kappa shape index (κ2) is 7.23. The Morgan fingerprint density at radius 1 is 1.25 bits per heavy atom. The zero-order valence-electron chi connectivity index (χ0n) is 12.8. The van der Waals surface area contributed by atoms with Crippen LogP contribution >= 0.6 is 11.6 Å². The van der Waals surface area contributed by atoms with Gasteiger partial charge in [0.15, 0.2) is 5.76 Å². The molecule has 0 aliphatic rings. The van der Waals surface area contributed by atoms with Crippen molar-refractivity contribution in [3.05, 3.63) is 70.9 Å². The molecule has 0 fully saturated rings. The predicted octanol–water partition coefficient (Wildman–Crippen LogP) is 2.86. The molecule has 2 N–H and O–H groups in total. The molecule has 0 spiro atoms. The molecule has 1 amide bonds. The summed E-state index contributed by atoms with van der Waals surface area (Å²) in [4.78, 5) is 12.1. The van der Waals surface area contributed by atoms with E-state index in [2.05, 4.69) is 10.4 Å². The molecule has 0 saturated heterocycles. The summed E-state index contributed by atoms with van der Waals surface area (Å²) in [6.45, 7) is 0.891. The maximum atomic E-state index is 12.1. The van der Waals surface area contributed by atoms with Crippen molar-refractivity contribution in [1.82, 2.24) is 15.1 Å². The van der Waals surface area contributed by atoms with Crippen LogP contribution in [0.15, 0.2) is 53.2 Å². The third kappa shape index (κ3) is 4.17. The number of carbonyl (C=O) groups is 1. The fourth-order valence-electron chi connectivity index (χ4n) is 2.24. The fraction of sp³-hybridized carbons (Fsp3) is 0.176. The highest BCUT2D eigenvalue weighted by molar-refractivity contribution is 6.30. The minimum Gasteiger partial charge on any atom is -0.508 e. The van der Waals surface area contributed by atoms with E-state index in [-0.39, 0.29) is 17.4 Å². The quantitative estimate of drug-likeness (QED) is 0.720. The smallest absolute Gasteiger partial charge is 0.287 e. The predicted molar refractivity (Wildman–Crippen MR) is 89.2 cm³/mol. The minimum atomic E-state index is -0.265. The van der Waals surface area contributed by atoms with Crippen LogP contribution in [0.2, 0.25) is 5.02 Å². The second-order valence-electron chi connectivity index (χ2n) is 5.29. The molecule has 2 heterocycles. The number of rotatable bonds is 6. The molecule has 1 aromatic carbocycles. The first-order chi connectivity index (χ1) is 11.6. The number of nitrogens with one attached hydrogen (secondary N) is 1. The van der Waals surface area contributed by atoms with Gasteiger partial charge in [0.1, 0.15) is 11.5 Å². The maximum Gasteiger partial charge on any atom is 0.287 e. The number of phenolic OH excluding ortho intramolecular Hbond substituents is 1. The summed E-state index contributed by atoms with van der Waals surface area (Å²) in [5.74, 6) is 0.843. The van der Waals surface area contributed by atoms with Gasteiger partial charge in [-0.2, -0.15) is 5.10 Å². The summed E-state index contributed by atoms with van der Waals surface area (Å²) in [6.07, 6.45) is 3.90. The topological polar surface area (TPSA) is 80.3 Å². The van der Waals surface area contributed by atoms with E-state index >= 15 is 0 Å². The molecule has 0 saturated carbocycles. The Morgan fingerprint density at radius 3 is 2.75 bits per heavy atom. The van der Waals surface area contributed by atoms with E-state index in [1.165, 1.54) is 0 Å². The normalized spacial score (nSPS) is 10.7. The van der Waals surface area contributed by atoms with Gasteiger partial charge in [-0.3, -0.25) is 9.48 Å². The SMILES string of the molecule is O=C(NCCc1ccc(O)cc1)c1ccc(Cn2cc(Cl)cn2)o1. The molecule has 6 nitrogen and oxygen atoms in total. The zero-order chi connectivity index (χ0) is 16.9. The lowest BCUT2D eigenvalue weighted by atomic mass is 10.1. The number of furan rings is 1. The Morgan fingerprint density at radius 2 is 2.04 bits per heavy atom. The minimum absolute atomic E-state index is 0.226. The van der Waals surface area contributed by atoms with Crippen molar-refractivity contribution >= 4 is 17.5 Å². The van der Waals surface area contributed by atoms with Crippen LogP contribution < -0.4 is 5.32 Å². The van der Waals surface area contributed by atoms with Crippen LogP contribution in [0.5, 0.6) is 5.75 Å². The molecule has 0 aliphatic carbocycles. The molecule has 2 aromatic heterocycles. The lowest BCUT2D eigenvalue weighted by molar-refractivity contribution is 0.0924. The summed E-state index contributed by atoms with van der Waals surface area (Å²) >= 11 is 5.81. The molecule has 7 heteroatoms. The standard InChI is InChI=1S/C17H16ClN3O3/c18-13-9-20-21(10-13)11-15-5-6-16(24-15)17(23)19-8-7-12-1-3-14(22)4-2-12/h1-6,9-10,22H,7-8,11H2,(H,19,23). The molecule has 3 rings (SSSR count). The third-order valence-corrected chi connectivity index (χ3v) is 3.64. The molecule has 0 radical (unpaired) electrons. The van der Waals surface area contributed by atoms with Crippen LogP contribution in [0.1, 0.15) is 21.9 Å². The first-order valence-electron chi connectivity index (χ1n) is 7.43. The first-order valence-corrected chi connectivity index (χ1v) is 7.81. The van der Waals surface area contributed by atoms with Crippen LogP contribution in [-0.2, 0) is 13.0 Å². The van der Waals surface area contributed by atoms with Gasteiger partial charge < -0.3 is 14.8 Å². The molecule has 0 unspecified atom stereocenters. The van der Waals surface area contributed by atoms with Crippen LogP contribution in [-0.4, -0.2) is 27.3 Å². The highest BCUT2D eigenvalue weighted by atomic mass is 35.5. The number of aromatic hydroxyl groups is 1. The fourth-order valence-corrected chi connectivity index (χ4v) is 2.40. The molecular weight excluding hydrogens is 330 g/mol. The van der Waals surface area contributed by atoms with Gasteiger partial charge in [-0.15, -0.1) is 0 Å². The van der Waals surface area contributed by atoms with E-state index in [1.54, 1.807) is 41.3 Å². The Labute approximate surface area is 143 Å². The highest BCUT2D eigenvalue weighted by Gasteiger charge is 2.11. The van der Waals surface area contributed by atoms with Gasteiger partial charge >= 0.3 is 0 Å². The molecule has 124 valence electrons. The number of hydrogen-bond donors (Lipinski definition) is 2. The average Bonchev–Trinajstić information content (AvgIpc) is 3.19. The number of amides is 1. The van der Waals surface area contributed by atoms with Crippen LogP contribution in [0, 0.1) is 0 Å². The van der Waals surface area contributed by atoms with Crippen molar-refractivity contribution in [3.8, 4) is 5.75 Å². The van der Waals surface area contributed by atoms with Gasteiger partial charge in [-0.05, 0) is 36.2 Å². The molecule has 0 aliphatic heterocycles. The Hall–Kier alpha value is -2.73. The van der Waals surface area contributed by atoms with E-state index < -0.39 is 0 Å². The third-order valence-electron chi connectivity index (χ3n) is 3.44. The summed E-state index contributed by atoms with van der Waals surface area (Å²) in [5, 5.41) is 16.6. The van der Waals surface area contributed by atoms with Gasteiger partial charge in [0.25, 0.3) is 5.91 Å². The highest BCUT2D eigenvalue weighted by Crippen LogP contribution is 2.12. The summed E-state index contributed by atoms with van der Waals surface area (Å²) in [6, 6.07) is 10.3. The maximum absolute atomic E-state index is 12.1. The first kappa shape index (κ1) is 16.1. The Bertz CT molecular complexity index is 824. The van der Waals surface area contributed by atoms with Crippen molar-refractivity contribution in [2.75, 3.05) is 6.54 Å². The molecule has 0 atom stereocenters. The van der Waals surface area contributed by atoms with E-state index in [0.29, 0.717) is 30.3 Å². The van der Waals surface area contributed by atoms with Crippen molar-refractivity contribution in [1.29, 1.82) is 0 Å². The molecule has 0 bridgehead atoms. The van der Waals surface area contributed by atoms with Crippen molar-refractivity contribution in [2.24, 2.45) is 0 Å². The van der Waals surface area contributed by atoms with Gasteiger partial charge in [0.2, 0.25) is 0 Å². The van der Waals surface area contributed by atoms with Crippen molar-refractivity contribution in [2.45, 2.75) is 13.0 Å². The van der Waals surface area contributed by atoms with E-state index in [0.717, 1.165) is 5.56 Å². The average molecular weight is 346 g/mol. The van der Waals surface area contributed by atoms with Crippen molar-refractivity contribution < 1.29 is 14.3 Å². The van der Waals surface area contributed by atoms with Gasteiger partial charge in [-0.1, -0.05) is 23.7 Å². The summed E-state index contributed by atoms with van der Waals surface area (Å²) in [7, 11) is 0. The number of carbonyl (C=O) groups excluding carboxylic acids is 1. The lowest BCUT2D eigenvalue weighted by Crippen LogP contribution is -2.25. The van der Waals surface area contributed by atoms with Crippen molar-refractivity contribution in [3.63, 3.8) is 0 Å². The Kier molecular flexibility index (Phi) is 4.86. The number of aromatic nitrogens is 2. The number of phenols is 1. The largest absolute Gasteiger partial charge is 0.508 e. The molecule has 3 aromatic rings. The van der Waals surface area contributed by atoms with Crippen LogP contribution in [0.3, 0.4) is 0 Å². The van der Waals surface area contributed by atoms with E-state index in [9.17, 15) is 9.90 Å². The second-order valence-corrected chi connectivity index (χ2v) is 5.73. The van der Waals surface area contributed by atoms with Crippen LogP contribution in [0.4, 0.5) is 0 Å². The van der Waals surface area contributed by atoms with E-state index in [4.69, 9.17) is 16.0 Å². The van der Waals surface area contributed by atoms with Crippen LogP contribution in [0.25, 0.3) is 0 Å². The van der Waals surface area contributed by atoms with Gasteiger partial charge in [-0.25, -0.2) is 0 Å². The monoisotopic (exact) mass is 345 g/mol. The van der Waals surface area contributed by atoms with Gasteiger partial charge in [0.05, 0.1) is 17.8 Å². The number of benzene rings is 1. The van der Waals surface area contributed by atoms with Gasteiger partial charge in [0, 0.05) is 12.7 Å². The summed E-state index contributed by atoms with van der Waals surface area (Å²) in [5.41, 5.74) is 1.03. The number of hydrogen-bond acceptors (Lipinski definition) is 4. The van der Waals surface area contributed by atoms with E-state index in [1.807, 2.05) is 12.1 Å². The number of nitrogens with zero attached hydrogens (tertiary/aromatic N) is 2. The molecule has 24 heavy (non-hydrogen) atoms. The summed E-state index contributed by atoms with van der Waals surface area (Å²) < 4.78 is 7.16. The molecular formula is C17H16ClN3O3.